The van der Waals surface area contributed by atoms with E-state index in [4.69, 9.17) is 0 Å². The molecule has 0 aromatic heterocycles. The Morgan fingerprint density at radius 3 is 0.643 bits per heavy atom. The molecule has 0 spiro atoms. The quantitative estimate of drug-likeness (QED) is 0.291. The Hall–Kier alpha value is -3.92. The minimum atomic E-state index is -0.614. The van der Waals surface area contributed by atoms with Gasteiger partial charge in [-0.3, -0.25) is 9.59 Å². The number of carbonyl (C=O) groups is 2. The van der Waals surface area contributed by atoms with Gasteiger partial charge in [-0.2, -0.15) is 0 Å². The van der Waals surface area contributed by atoms with Crippen LogP contribution in [0.15, 0.2) is 132 Å². The maximum absolute atomic E-state index is 11.6. The number of aliphatic imine (C=N–C) groups is 2. The molecule has 0 aromatic rings. The van der Waals surface area contributed by atoms with E-state index in [0.717, 1.165) is 0 Å². The number of carbonyl (C=O) groups excluding carboxylic acids is 2. The number of rotatable bonds is 11. The highest BCUT2D eigenvalue weighted by molar-refractivity contribution is 6.02. The van der Waals surface area contributed by atoms with Gasteiger partial charge in [-0.1, -0.05) is 65.8 Å². The lowest BCUT2D eigenvalue weighted by Gasteiger charge is -2.20. The molecule has 0 saturated carbocycles. The molecular weight excluding hydrogens is 348 g/mol. The number of hydrogen-bond acceptors (Lipinski definition) is 2. The Balaban J connectivity index is 5.47. The molecule has 0 atom stereocenters. The monoisotopic (exact) mass is 372 g/mol. The summed E-state index contributed by atoms with van der Waals surface area (Å²) in [6, 6.07) is 0. The molecule has 0 fully saturated rings. The van der Waals surface area contributed by atoms with Gasteiger partial charge in [0, 0.05) is 11.1 Å². The van der Waals surface area contributed by atoms with E-state index in [-0.39, 0.29) is 22.3 Å². The summed E-state index contributed by atoms with van der Waals surface area (Å²) in [5.74, 6) is -1.23. The SMILES string of the molecule is C=NC(=O)C(=C)C(=C)C(=C)C(=C)C(=C)C(=C)C(=C)C(=C)C(=C)C(=C)C(=O)N=C. The maximum atomic E-state index is 11.6. The number of allylic oxidation sites excluding steroid dienone is 6. The van der Waals surface area contributed by atoms with E-state index >= 15 is 0 Å². The van der Waals surface area contributed by atoms with Crippen LogP contribution in [0.5, 0.6) is 0 Å². The van der Waals surface area contributed by atoms with Crippen LogP contribution in [0.2, 0.25) is 0 Å². The summed E-state index contributed by atoms with van der Waals surface area (Å²) in [7, 11) is 0. The molecule has 4 heteroatoms. The highest BCUT2D eigenvalue weighted by atomic mass is 16.1. The molecule has 0 N–H and O–H groups in total. The molecular formula is C24H24N2O2. The van der Waals surface area contributed by atoms with Crippen LogP contribution < -0.4 is 0 Å². The first-order valence-electron chi connectivity index (χ1n) is 7.77. The van der Waals surface area contributed by atoms with Crippen molar-refractivity contribution in [3.63, 3.8) is 0 Å². The van der Waals surface area contributed by atoms with Crippen molar-refractivity contribution in [3.05, 3.63) is 122 Å². The van der Waals surface area contributed by atoms with Crippen LogP contribution in [0.25, 0.3) is 0 Å². The zero-order valence-electron chi connectivity index (χ0n) is 16.2. The lowest BCUT2D eigenvalue weighted by molar-refractivity contribution is -0.114. The van der Waals surface area contributed by atoms with Crippen molar-refractivity contribution < 1.29 is 9.59 Å². The second-order valence-corrected chi connectivity index (χ2v) is 5.71. The van der Waals surface area contributed by atoms with Crippen LogP contribution in [0.4, 0.5) is 0 Å². The molecule has 4 nitrogen and oxygen atoms in total. The summed E-state index contributed by atoms with van der Waals surface area (Å²) in [6.07, 6.45) is 0. The van der Waals surface area contributed by atoms with E-state index in [1.807, 2.05) is 0 Å². The van der Waals surface area contributed by atoms with Crippen molar-refractivity contribution in [2.45, 2.75) is 0 Å². The zero-order chi connectivity index (χ0) is 22.3. The molecule has 0 aliphatic carbocycles. The van der Waals surface area contributed by atoms with Crippen molar-refractivity contribution in [1.82, 2.24) is 0 Å². The minimum Gasteiger partial charge on any atom is -0.267 e. The van der Waals surface area contributed by atoms with E-state index in [1.54, 1.807) is 0 Å². The topological polar surface area (TPSA) is 58.9 Å². The first kappa shape index (κ1) is 24.1. The predicted octanol–water partition coefficient (Wildman–Crippen LogP) is 5.00. The van der Waals surface area contributed by atoms with Gasteiger partial charge in [0.05, 0.1) is 0 Å². The molecule has 0 rings (SSSR count). The summed E-state index contributed by atoms with van der Waals surface area (Å²) in [6.45, 7) is 44.6. The lowest BCUT2D eigenvalue weighted by atomic mass is 9.84. The van der Waals surface area contributed by atoms with Crippen LogP contribution in [-0.2, 0) is 9.59 Å². The summed E-state index contributed by atoms with van der Waals surface area (Å²) in [4.78, 5) is 29.8. The van der Waals surface area contributed by atoms with E-state index in [2.05, 4.69) is 89.2 Å². The average Bonchev–Trinajstić information content (AvgIpc) is 2.72. The molecule has 0 radical (unpaired) electrons. The standard InChI is InChI=1S/C24H24N2O2/c1-13(15(3)17(5)19(7)21(9)23(27)25-11)14(2)16(4)18(6)20(8)22(10)24(28)26-12/h1-12H2. The molecule has 28 heavy (non-hydrogen) atoms. The predicted molar refractivity (Wildman–Crippen MR) is 121 cm³/mol. The fraction of sp³-hybridized carbons (Fsp3) is 0. The molecule has 0 aliphatic rings. The Morgan fingerprint density at radius 1 is 0.357 bits per heavy atom. The first-order valence-corrected chi connectivity index (χ1v) is 7.77. The first-order chi connectivity index (χ1) is 12.8. The normalized spacial score (nSPS) is 9.29. The van der Waals surface area contributed by atoms with Crippen molar-refractivity contribution in [3.8, 4) is 0 Å². The minimum absolute atomic E-state index is 0.0444. The van der Waals surface area contributed by atoms with Gasteiger partial charge in [0.15, 0.2) is 0 Å². The van der Waals surface area contributed by atoms with Gasteiger partial charge < -0.3 is 0 Å². The highest BCUT2D eigenvalue weighted by Crippen LogP contribution is 2.34. The van der Waals surface area contributed by atoms with Crippen LogP contribution >= 0.6 is 0 Å². The van der Waals surface area contributed by atoms with Gasteiger partial charge >= 0.3 is 0 Å². The van der Waals surface area contributed by atoms with Gasteiger partial charge in [-0.25, -0.2) is 9.98 Å². The molecule has 0 saturated heterocycles. The van der Waals surface area contributed by atoms with Crippen molar-refractivity contribution in [1.29, 1.82) is 0 Å². The smallest absolute Gasteiger partial charge is 0.267 e. The number of hydrogen-bond donors (Lipinski definition) is 0. The summed E-state index contributed by atoms with van der Waals surface area (Å²) in [5, 5.41) is 0. The largest absolute Gasteiger partial charge is 0.276 e. The third kappa shape index (κ3) is 5.05. The van der Waals surface area contributed by atoms with Crippen LogP contribution in [-0.4, -0.2) is 25.2 Å². The fourth-order valence-corrected chi connectivity index (χ4v) is 1.91. The summed E-state index contributed by atoms with van der Waals surface area (Å²) >= 11 is 0. The highest BCUT2D eigenvalue weighted by Gasteiger charge is 2.20. The van der Waals surface area contributed by atoms with Crippen molar-refractivity contribution >= 4 is 25.2 Å². The van der Waals surface area contributed by atoms with Crippen molar-refractivity contribution in [2.24, 2.45) is 9.98 Å². The van der Waals surface area contributed by atoms with Crippen LogP contribution in [0.3, 0.4) is 0 Å². The van der Waals surface area contributed by atoms with E-state index in [1.165, 1.54) is 0 Å². The molecule has 0 aromatic carbocycles. The third-order valence-corrected chi connectivity index (χ3v) is 4.08. The Bertz CT molecular complexity index is 871. The van der Waals surface area contributed by atoms with Gasteiger partial charge in [-0.05, 0) is 58.0 Å². The number of nitrogens with zero attached hydrogens (tertiary/aromatic N) is 2. The van der Waals surface area contributed by atoms with Crippen LogP contribution in [0, 0.1) is 0 Å². The van der Waals surface area contributed by atoms with Crippen molar-refractivity contribution in [2.75, 3.05) is 0 Å². The van der Waals surface area contributed by atoms with E-state index in [0.29, 0.717) is 33.4 Å². The third-order valence-electron chi connectivity index (χ3n) is 4.08. The lowest BCUT2D eigenvalue weighted by Crippen LogP contribution is -2.06. The fourth-order valence-electron chi connectivity index (χ4n) is 1.91. The van der Waals surface area contributed by atoms with Gasteiger partial charge in [0.1, 0.15) is 0 Å². The second kappa shape index (κ2) is 9.69. The molecule has 0 unspecified atom stereocenters. The summed E-state index contributed by atoms with van der Waals surface area (Å²) in [5.41, 5.74) is 2.77. The second-order valence-electron chi connectivity index (χ2n) is 5.71. The van der Waals surface area contributed by atoms with E-state index in [9.17, 15) is 9.59 Å². The molecule has 0 bridgehead atoms. The average molecular weight is 372 g/mol. The van der Waals surface area contributed by atoms with Gasteiger partial charge in [0.25, 0.3) is 11.8 Å². The molecule has 0 aliphatic heterocycles. The van der Waals surface area contributed by atoms with Gasteiger partial charge in [0.2, 0.25) is 0 Å². The molecule has 0 heterocycles. The van der Waals surface area contributed by atoms with Crippen LogP contribution in [0.1, 0.15) is 0 Å². The van der Waals surface area contributed by atoms with Gasteiger partial charge in [-0.15, -0.1) is 0 Å². The maximum Gasteiger partial charge on any atom is 0.276 e. The Kier molecular flexibility index (Phi) is 8.33. The molecule has 142 valence electrons. The Labute approximate surface area is 166 Å². The molecule has 2 amide bonds. The zero-order valence-corrected chi connectivity index (χ0v) is 16.2. The Morgan fingerprint density at radius 2 is 0.500 bits per heavy atom. The van der Waals surface area contributed by atoms with E-state index < -0.39 is 11.8 Å². The number of amides is 2. The summed E-state index contributed by atoms with van der Waals surface area (Å²) < 4.78 is 0.